The molecule has 0 aliphatic heterocycles. The summed E-state index contributed by atoms with van der Waals surface area (Å²) in [7, 11) is 0. The van der Waals surface area contributed by atoms with Crippen LogP contribution in [0.4, 0.5) is 0 Å². The fourth-order valence-corrected chi connectivity index (χ4v) is 4.99. The number of H-pyrrole nitrogens is 2. The molecule has 3 rings (SSSR count). The van der Waals surface area contributed by atoms with Crippen molar-refractivity contribution in [3.05, 3.63) is 54.2 Å². The van der Waals surface area contributed by atoms with E-state index in [1.165, 1.54) is 12.5 Å². The van der Waals surface area contributed by atoms with E-state index in [4.69, 9.17) is 11.5 Å². The van der Waals surface area contributed by atoms with E-state index in [9.17, 15) is 24.3 Å². The fourth-order valence-electron chi connectivity index (χ4n) is 4.50. The number of nitrogens with one attached hydrogen (secondary N) is 5. The number of hydrogen-bond donors (Lipinski definition) is 8. The summed E-state index contributed by atoms with van der Waals surface area (Å²) >= 11 is 1.56. The summed E-state index contributed by atoms with van der Waals surface area (Å²) in [6, 6.07) is 3.40. The van der Waals surface area contributed by atoms with Crippen LogP contribution in [0.1, 0.15) is 36.9 Å². The molecule has 0 fully saturated rings. The summed E-state index contributed by atoms with van der Waals surface area (Å²) in [4.78, 5) is 61.9. The molecule has 0 bridgehead atoms. The molecule has 1 aromatic carbocycles. The number of nitrogens with zero attached hydrogens (tertiary/aromatic N) is 1. The third-order valence-electron chi connectivity index (χ3n) is 6.88. The summed E-state index contributed by atoms with van der Waals surface area (Å²) in [6.45, 7) is 0.406. The Bertz CT molecular complexity index is 1310. The van der Waals surface area contributed by atoms with Gasteiger partial charge in [0.05, 0.1) is 12.4 Å². The highest BCUT2D eigenvalue weighted by atomic mass is 32.2. The Labute approximate surface area is 248 Å². The number of rotatable bonds is 18. The number of carbonyl (C=O) groups excluding carboxylic acids is 3. The van der Waals surface area contributed by atoms with Gasteiger partial charge in [-0.3, -0.25) is 14.4 Å². The molecule has 0 aliphatic carbocycles. The lowest BCUT2D eigenvalue weighted by Gasteiger charge is -2.25. The predicted molar refractivity (Wildman–Crippen MR) is 162 cm³/mol. The molecule has 2 aromatic heterocycles. The van der Waals surface area contributed by atoms with Gasteiger partial charge >= 0.3 is 5.97 Å². The number of hydrogen-bond acceptors (Lipinski definition) is 8. The maximum Gasteiger partial charge on any atom is 0.326 e. The Kier molecular flexibility index (Phi) is 12.8. The third kappa shape index (κ3) is 9.60. The van der Waals surface area contributed by atoms with E-state index >= 15 is 0 Å². The summed E-state index contributed by atoms with van der Waals surface area (Å²) in [6.07, 6.45) is 8.54. The predicted octanol–water partition coefficient (Wildman–Crippen LogP) is 0.425. The molecule has 4 unspecified atom stereocenters. The number of imidazole rings is 1. The molecule has 4 atom stereocenters. The minimum atomic E-state index is -1.18. The van der Waals surface area contributed by atoms with E-state index < -0.39 is 47.9 Å². The van der Waals surface area contributed by atoms with Crippen LogP contribution in [0.25, 0.3) is 10.9 Å². The van der Waals surface area contributed by atoms with E-state index in [0.717, 1.165) is 16.5 Å². The summed E-state index contributed by atoms with van der Waals surface area (Å²) in [5.41, 5.74) is 13.8. The molecule has 0 radical (unpaired) electrons. The number of carbonyl (C=O) groups is 4. The maximum atomic E-state index is 13.7. The SMILES string of the molecule is CSCCC(N)C(=O)NC(Cc1c[nH]c2ccccc12)C(=O)NC(Cc1cnc[nH]1)C(=O)NC(CCCCN)C(=O)O. The van der Waals surface area contributed by atoms with Gasteiger partial charge in [0, 0.05) is 41.8 Å². The highest BCUT2D eigenvalue weighted by molar-refractivity contribution is 7.98. The van der Waals surface area contributed by atoms with Crippen LogP contribution >= 0.6 is 11.8 Å². The lowest BCUT2D eigenvalue weighted by atomic mass is 10.0. The average Bonchev–Trinajstić information content (AvgIpc) is 3.64. The van der Waals surface area contributed by atoms with Gasteiger partial charge in [0.15, 0.2) is 0 Å². The Morgan fingerprint density at radius 3 is 2.31 bits per heavy atom. The normalized spacial score (nSPS) is 14.1. The molecule has 42 heavy (non-hydrogen) atoms. The van der Waals surface area contributed by atoms with Crippen molar-refractivity contribution in [2.75, 3.05) is 18.6 Å². The molecule has 13 nitrogen and oxygen atoms in total. The molecule has 3 aromatic rings. The van der Waals surface area contributed by atoms with Gasteiger partial charge in [-0.25, -0.2) is 9.78 Å². The van der Waals surface area contributed by atoms with E-state index in [-0.39, 0.29) is 19.3 Å². The zero-order valence-corrected chi connectivity index (χ0v) is 24.4. The number of aromatic nitrogens is 3. The van der Waals surface area contributed by atoms with Gasteiger partial charge in [-0.15, -0.1) is 0 Å². The first-order chi connectivity index (χ1) is 20.2. The molecule has 228 valence electrons. The van der Waals surface area contributed by atoms with Crippen molar-refractivity contribution in [2.24, 2.45) is 11.5 Å². The van der Waals surface area contributed by atoms with Gasteiger partial charge in [-0.2, -0.15) is 11.8 Å². The second-order valence-electron chi connectivity index (χ2n) is 10.0. The minimum Gasteiger partial charge on any atom is -0.480 e. The molecule has 10 N–H and O–H groups in total. The number of aliphatic carboxylic acids is 1. The van der Waals surface area contributed by atoms with E-state index in [0.29, 0.717) is 37.3 Å². The first-order valence-electron chi connectivity index (χ1n) is 13.8. The minimum absolute atomic E-state index is 0.0215. The molecule has 2 heterocycles. The maximum absolute atomic E-state index is 13.7. The zero-order chi connectivity index (χ0) is 30.5. The molecular formula is C28H40N8O5S. The van der Waals surface area contributed by atoms with Crippen LogP contribution in [0, 0.1) is 0 Å². The molecule has 0 spiro atoms. The second-order valence-corrected chi connectivity index (χ2v) is 11.0. The van der Waals surface area contributed by atoms with Gasteiger partial charge in [-0.05, 0) is 55.9 Å². The monoisotopic (exact) mass is 600 g/mol. The Morgan fingerprint density at radius 2 is 1.64 bits per heavy atom. The molecule has 0 saturated carbocycles. The van der Waals surface area contributed by atoms with Gasteiger partial charge in [0.1, 0.15) is 18.1 Å². The number of nitrogens with two attached hydrogens (primary N) is 2. The van der Waals surface area contributed by atoms with Crippen molar-refractivity contribution in [1.82, 2.24) is 30.9 Å². The first kappa shape index (κ1) is 32.6. The highest BCUT2D eigenvalue weighted by Gasteiger charge is 2.31. The van der Waals surface area contributed by atoms with Crippen LogP contribution in [-0.2, 0) is 32.0 Å². The van der Waals surface area contributed by atoms with E-state index in [2.05, 4.69) is 30.9 Å². The quantitative estimate of drug-likeness (QED) is 0.0947. The number of amides is 3. The molecular weight excluding hydrogens is 560 g/mol. The molecule has 14 heteroatoms. The fraction of sp³-hybridized carbons (Fsp3) is 0.464. The van der Waals surface area contributed by atoms with Gasteiger partial charge in [0.2, 0.25) is 17.7 Å². The lowest BCUT2D eigenvalue weighted by Crippen LogP contribution is -2.58. The number of para-hydroxylation sites is 1. The number of carboxylic acid groups (broad SMARTS) is 1. The summed E-state index contributed by atoms with van der Waals surface area (Å²) < 4.78 is 0. The Balaban J connectivity index is 1.83. The van der Waals surface area contributed by atoms with Crippen LogP contribution in [0.3, 0.4) is 0 Å². The van der Waals surface area contributed by atoms with Crippen LogP contribution in [-0.4, -0.2) is 86.5 Å². The average molecular weight is 601 g/mol. The van der Waals surface area contributed by atoms with Crippen molar-refractivity contribution in [3.63, 3.8) is 0 Å². The Hall–Kier alpha value is -3.88. The van der Waals surface area contributed by atoms with Crippen molar-refractivity contribution in [2.45, 2.75) is 62.7 Å². The van der Waals surface area contributed by atoms with Crippen LogP contribution in [0.2, 0.25) is 0 Å². The standard InChI is InChI=1S/C28H40N8O5S/c1-42-11-9-20(30)25(37)35-23(12-17-14-32-21-7-3-2-6-19(17)21)26(38)36-24(13-18-15-31-16-33-18)27(39)34-22(28(40)41)8-4-5-10-29/h2-3,6-7,14-16,20,22-24,32H,4-5,8-13,29-30H2,1H3,(H,31,33)(H,34,39)(H,35,37)(H,36,38)(H,40,41). The smallest absolute Gasteiger partial charge is 0.326 e. The number of benzene rings is 1. The van der Waals surface area contributed by atoms with E-state index in [1.807, 2.05) is 30.5 Å². The van der Waals surface area contributed by atoms with Crippen molar-refractivity contribution in [1.29, 1.82) is 0 Å². The molecule has 0 aliphatic rings. The summed E-state index contributed by atoms with van der Waals surface area (Å²) in [5.74, 6) is -2.27. The third-order valence-corrected chi connectivity index (χ3v) is 7.52. The van der Waals surface area contributed by atoms with Gasteiger partial charge in [-0.1, -0.05) is 18.2 Å². The number of fused-ring (bicyclic) bond motifs is 1. The lowest BCUT2D eigenvalue weighted by molar-refractivity contribution is -0.142. The second kappa shape index (κ2) is 16.5. The van der Waals surface area contributed by atoms with Gasteiger partial charge < -0.3 is 42.5 Å². The van der Waals surface area contributed by atoms with Crippen LogP contribution < -0.4 is 27.4 Å². The first-order valence-corrected chi connectivity index (χ1v) is 15.2. The van der Waals surface area contributed by atoms with Gasteiger partial charge in [0.25, 0.3) is 0 Å². The number of aromatic amines is 2. The van der Waals surface area contributed by atoms with Crippen molar-refractivity contribution < 1.29 is 24.3 Å². The van der Waals surface area contributed by atoms with Crippen LogP contribution in [0.15, 0.2) is 43.0 Å². The number of thioether (sulfide) groups is 1. The molecule has 0 saturated heterocycles. The van der Waals surface area contributed by atoms with E-state index in [1.54, 1.807) is 18.0 Å². The highest BCUT2D eigenvalue weighted by Crippen LogP contribution is 2.19. The van der Waals surface area contributed by atoms with Crippen molar-refractivity contribution in [3.8, 4) is 0 Å². The van der Waals surface area contributed by atoms with Crippen molar-refractivity contribution >= 4 is 46.4 Å². The molecule has 3 amide bonds. The number of unbranched alkanes of at least 4 members (excludes halogenated alkanes) is 1. The zero-order valence-electron chi connectivity index (χ0n) is 23.6. The largest absolute Gasteiger partial charge is 0.480 e. The Morgan fingerprint density at radius 1 is 0.952 bits per heavy atom. The number of carboxylic acids is 1. The van der Waals surface area contributed by atoms with Crippen LogP contribution in [0.5, 0.6) is 0 Å². The topological polar surface area (TPSA) is 221 Å². The summed E-state index contributed by atoms with van der Waals surface area (Å²) in [5, 5.41) is 18.6.